The summed E-state index contributed by atoms with van der Waals surface area (Å²) in [7, 11) is 2.16. The van der Waals surface area contributed by atoms with Crippen molar-refractivity contribution in [1.82, 2.24) is 9.47 Å². The highest BCUT2D eigenvalue weighted by atomic mass is 79.9. The van der Waals surface area contributed by atoms with Gasteiger partial charge >= 0.3 is 0 Å². The van der Waals surface area contributed by atoms with E-state index in [2.05, 4.69) is 60.1 Å². The zero-order chi connectivity index (χ0) is 16.9. The number of alkyl halides is 1. The van der Waals surface area contributed by atoms with Crippen molar-refractivity contribution in [2.24, 2.45) is 0 Å². The van der Waals surface area contributed by atoms with E-state index < -0.39 is 0 Å². The van der Waals surface area contributed by atoms with Crippen LogP contribution in [-0.4, -0.2) is 40.7 Å². The number of benzene rings is 1. The predicted octanol–water partition coefficient (Wildman–Crippen LogP) is 3.94. The molecule has 0 saturated heterocycles. The number of nitrogens with zero attached hydrogens (tertiary/aromatic N) is 2. The van der Waals surface area contributed by atoms with Crippen LogP contribution in [-0.2, 0) is 13.0 Å². The second-order valence-electron chi connectivity index (χ2n) is 6.81. The number of carbonyl (C=O) groups is 1. The number of aromatic nitrogens is 1. The van der Waals surface area contributed by atoms with E-state index >= 15 is 0 Å². The third-order valence-corrected chi connectivity index (χ3v) is 6.13. The lowest BCUT2D eigenvalue weighted by molar-refractivity contribution is 0.102. The summed E-state index contributed by atoms with van der Waals surface area (Å²) >= 11 is 3.39. The standard InChI is InChI=1S/C19H25BrN2O/c1-11-12(2)14(4)19-17(13(11)3)18(16(23)10-20)15-6-7-21(5)8-9-22(15)19/h6-10H2,1-5H3. The number of hydrogen-bond donors (Lipinski definition) is 0. The Labute approximate surface area is 146 Å². The Balaban J connectivity index is 2.46. The molecular formula is C19H25BrN2O. The summed E-state index contributed by atoms with van der Waals surface area (Å²) in [5.41, 5.74) is 8.71. The van der Waals surface area contributed by atoms with Crippen LogP contribution in [0.25, 0.3) is 10.9 Å². The highest BCUT2D eigenvalue weighted by molar-refractivity contribution is 9.09. The molecule has 1 aromatic carbocycles. The number of hydrogen-bond acceptors (Lipinski definition) is 2. The van der Waals surface area contributed by atoms with Crippen molar-refractivity contribution in [2.45, 2.75) is 40.7 Å². The molecule has 0 aliphatic carbocycles. The van der Waals surface area contributed by atoms with Gasteiger partial charge in [-0.15, -0.1) is 0 Å². The molecule has 2 aromatic rings. The number of fused-ring (bicyclic) bond motifs is 3. The fraction of sp³-hybridized carbons (Fsp3) is 0.526. The van der Waals surface area contributed by atoms with E-state index in [0.717, 1.165) is 31.6 Å². The van der Waals surface area contributed by atoms with Gasteiger partial charge in [0.15, 0.2) is 5.78 Å². The molecule has 0 bridgehead atoms. The van der Waals surface area contributed by atoms with Crippen molar-refractivity contribution in [3.05, 3.63) is 33.5 Å². The fourth-order valence-electron chi connectivity index (χ4n) is 3.90. The molecule has 3 nitrogen and oxygen atoms in total. The number of rotatable bonds is 2. The highest BCUT2D eigenvalue weighted by Gasteiger charge is 2.27. The SMILES string of the molecule is Cc1c(C)c(C)c2c(c1C)c(C(=O)CBr)c1n2CCN(C)CC1. The molecule has 0 spiro atoms. The van der Waals surface area contributed by atoms with Crippen molar-refractivity contribution >= 4 is 32.6 Å². The molecule has 0 unspecified atom stereocenters. The van der Waals surface area contributed by atoms with Crippen LogP contribution in [0.15, 0.2) is 0 Å². The first-order chi connectivity index (χ1) is 10.9. The lowest BCUT2D eigenvalue weighted by Gasteiger charge is -2.16. The van der Waals surface area contributed by atoms with Gasteiger partial charge in [-0.25, -0.2) is 0 Å². The average Bonchev–Trinajstić information content (AvgIpc) is 2.76. The van der Waals surface area contributed by atoms with Gasteiger partial charge in [0, 0.05) is 42.7 Å². The maximum Gasteiger partial charge on any atom is 0.175 e. The van der Waals surface area contributed by atoms with Gasteiger partial charge in [0.2, 0.25) is 0 Å². The smallest absolute Gasteiger partial charge is 0.175 e. The number of aryl methyl sites for hydroxylation is 2. The van der Waals surface area contributed by atoms with Crippen LogP contribution in [0.4, 0.5) is 0 Å². The summed E-state index contributed by atoms with van der Waals surface area (Å²) in [6.45, 7) is 11.7. The maximum atomic E-state index is 12.7. The van der Waals surface area contributed by atoms with E-state index in [1.165, 1.54) is 38.9 Å². The molecule has 124 valence electrons. The van der Waals surface area contributed by atoms with Crippen molar-refractivity contribution in [3.8, 4) is 0 Å². The minimum Gasteiger partial charge on any atom is -0.342 e. The minimum atomic E-state index is 0.207. The summed E-state index contributed by atoms with van der Waals surface area (Å²) in [5, 5.41) is 1.58. The van der Waals surface area contributed by atoms with Gasteiger partial charge in [0.25, 0.3) is 0 Å². The van der Waals surface area contributed by atoms with E-state index in [4.69, 9.17) is 0 Å². The van der Waals surface area contributed by atoms with Gasteiger partial charge in [0.05, 0.1) is 10.8 Å². The number of carbonyl (C=O) groups excluding carboxylic acids is 1. The van der Waals surface area contributed by atoms with E-state index in [0.29, 0.717) is 5.33 Å². The van der Waals surface area contributed by atoms with Gasteiger partial charge in [-0.2, -0.15) is 0 Å². The van der Waals surface area contributed by atoms with Crippen molar-refractivity contribution in [3.63, 3.8) is 0 Å². The highest BCUT2D eigenvalue weighted by Crippen LogP contribution is 2.37. The molecule has 2 heterocycles. The monoisotopic (exact) mass is 376 g/mol. The molecule has 0 radical (unpaired) electrons. The van der Waals surface area contributed by atoms with Crippen LogP contribution >= 0.6 is 15.9 Å². The van der Waals surface area contributed by atoms with Gasteiger partial charge in [-0.1, -0.05) is 15.9 Å². The Morgan fingerprint density at radius 1 is 1.00 bits per heavy atom. The third kappa shape index (κ3) is 2.47. The fourth-order valence-corrected chi connectivity index (χ4v) is 4.18. The molecule has 23 heavy (non-hydrogen) atoms. The summed E-state index contributed by atoms with van der Waals surface area (Å²) < 4.78 is 2.42. The second kappa shape index (κ2) is 6.06. The summed E-state index contributed by atoms with van der Waals surface area (Å²) in [6.07, 6.45) is 0.941. The molecular weight excluding hydrogens is 352 g/mol. The van der Waals surface area contributed by atoms with E-state index in [-0.39, 0.29) is 5.78 Å². The second-order valence-corrected chi connectivity index (χ2v) is 7.37. The van der Waals surface area contributed by atoms with E-state index in [9.17, 15) is 4.79 Å². The zero-order valence-electron chi connectivity index (χ0n) is 14.7. The maximum absolute atomic E-state index is 12.7. The topological polar surface area (TPSA) is 25.2 Å². The van der Waals surface area contributed by atoms with Crippen molar-refractivity contribution in [1.29, 1.82) is 0 Å². The lowest BCUT2D eigenvalue weighted by atomic mass is 9.92. The molecule has 3 rings (SSSR count). The molecule has 0 atom stereocenters. The van der Waals surface area contributed by atoms with Crippen LogP contribution in [0.1, 0.15) is 38.3 Å². The first kappa shape index (κ1) is 16.7. The van der Waals surface area contributed by atoms with E-state index in [1.807, 2.05) is 0 Å². The Morgan fingerprint density at radius 3 is 2.30 bits per heavy atom. The first-order valence-electron chi connectivity index (χ1n) is 8.27. The van der Waals surface area contributed by atoms with E-state index in [1.54, 1.807) is 0 Å². The molecule has 1 aliphatic rings. The van der Waals surface area contributed by atoms with Crippen molar-refractivity contribution < 1.29 is 4.79 Å². The normalized spacial score (nSPS) is 15.7. The number of likely N-dealkylation sites (N-methyl/N-ethyl adjacent to an activating group) is 1. The number of Topliss-reactive ketones (excluding diaryl/α,β-unsaturated/α-hetero) is 1. The first-order valence-corrected chi connectivity index (χ1v) is 9.39. The Hall–Kier alpha value is -1.13. The largest absolute Gasteiger partial charge is 0.342 e. The van der Waals surface area contributed by atoms with Crippen LogP contribution < -0.4 is 0 Å². The van der Waals surface area contributed by atoms with Gasteiger partial charge in [-0.3, -0.25) is 4.79 Å². The summed E-state index contributed by atoms with van der Waals surface area (Å²) in [6, 6.07) is 0. The average molecular weight is 377 g/mol. The number of halogens is 1. The third-order valence-electron chi connectivity index (χ3n) is 5.62. The van der Waals surface area contributed by atoms with Gasteiger partial charge in [-0.05, 0) is 57.0 Å². The Morgan fingerprint density at radius 2 is 1.65 bits per heavy atom. The zero-order valence-corrected chi connectivity index (χ0v) is 16.3. The molecule has 0 N–H and O–H groups in total. The molecule has 0 amide bonds. The van der Waals surface area contributed by atoms with Gasteiger partial charge in [0.1, 0.15) is 0 Å². The quantitative estimate of drug-likeness (QED) is 0.585. The van der Waals surface area contributed by atoms with Crippen LogP contribution in [0, 0.1) is 27.7 Å². The van der Waals surface area contributed by atoms with Crippen LogP contribution in [0.5, 0.6) is 0 Å². The molecule has 0 saturated carbocycles. The minimum absolute atomic E-state index is 0.207. The van der Waals surface area contributed by atoms with Crippen LogP contribution in [0.3, 0.4) is 0 Å². The molecule has 4 heteroatoms. The Kier molecular flexibility index (Phi) is 4.41. The predicted molar refractivity (Wildman–Crippen MR) is 100 cm³/mol. The van der Waals surface area contributed by atoms with Crippen LogP contribution in [0.2, 0.25) is 0 Å². The molecule has 1 aromatic heterocycles. The molecule has 1 aliphatic heterocycles. The summed E-state index contributed by atoms with van der Waals surface area (Å²) in [5.74, 6) is 0.207. The van der Waals surface area contributed by atoms with Gasteiger partial charge < -0.3 is 9.47 Å². The molecule has 0 fully saturated rings. The lowest BCUT2D eigenvalue weighted by Crippen LogP contribution is -2.21. The number of ketones is 1. The summed E-state index contributed by atoms with van der Waals surface area (Å²) in [4.78, 5) is 15.1. The van der Waals surface area contributed by atoms with Crippen molar-refractivity contribution in [2.75, 3.05) is 25.5 Å². The Bertz CT molecular complexity index is 804.